The molecule has 0 aromatic rings. The Hall–Kier alpha value is -1.34. The molecule has 2 amide bonds. The SMILES string of the molecule is CCC1COCCN1C(=O)N1CC(C)(OCC(=O)O)C1. The number of hydrogen-bond acceptors (Lipinski definition) is 4. The Balaban J connectivity index is 1.85. The molecule has 2 saturated heterocycles. The van der Waals surface area contributed by atoms with Crippen LogP contribution in [0.15, 0.2) is 0 Å². The number of hydrogen-bond donors (Lipinski definition) is 1. The van der Waals surface area contributed by atoms with Gasteiger partial charge < -0.3 is 24.4 Å². The van der Waals surface area contributed by atoms with E-state index in [4.69, 9.17) is 14.6 Å². The normalized spacial score (nSPS) is 25.2. The van der Waals surface area contributed by atoms with Crippen LogP contribution >= 0.6 is 0 Å². The van der Waals surface area contributed by atoms with Gasteiger partial charge in [0.1, 0.15) is 12.2 Å². The van der Waals surface area contributed by atoms with Gasteiger partial charge in [-0.3, -0.25) is 0 Å². The van der Waals surface area contributed by atoms with Gasteiger partial charge in [-0.05, 0) is 13.3 Å². The Morgan fingerprint density at radius 2 is 2.15 bits per heavy atom. The maximum absolute atomic E-state index is 12.4. The lowest BCUT2D eigenvalue weighted by Gasteiger charge is -2.50. The molecule has 7 nitrogen and oxygen atoms in total. The van der Waals surface area contributed by atoms with Gasteiger partial charge in [0.05, 0.1) is 32.3 Å². The predicted molar refractivity (Wildman–Crippen MR) is 70.6 cm³/mol. The third-order valence-electron chi connectivity index (χ3n) is 3.81. The molecule has 0 saturated carbocycles. The van der Waals surface area contributed by atoms with Gasteiger partial charge in [0.2, 0.25) is 0 Å². The summed E-state index contributed by atoms with van der Waals surface area (Å²) in [5.41, 5.74) is -0.540. The second kappa shape index (κ2) is 5.97. The zero-order chi connectivity index (χ0) is 14.8. The number of carbonyl (C=O) groups excluding carboxylic acids is 1. The summed E-state index contributed by atoms with van der Waals surface area (Å²) in [6.07, 6.45) is 0.867. The molecule has 114 valence electrons. The lowest BCUT2D eigenvalue weighted by atomic mass is 9.96. The molecule has 1 N–H and O–H groups in total. The van der Waals surface area contributed by atoms with Crippen LogP contribution in [0.4, 0.5) is 4.79 Å². The fraction of sp³-hybridized carbons (Fsp3) is 0.846. The van der Waals surface area contributed by atoms with Crippen LogP contribution in [0.2, 0.25) is 0 Å². The number of carboxylic acids is 1. The largest absolute Gasteiger partial charge is 0.480 e. The van der Waals surface area contributed by atoms with E-state index in [1.54, 1.807) is 4.90 Å². The molecule has 1 atom stereocenters. The maximum Gasteiger partial charge on any atom is 0.329 e. The molecule has 2 heterocycles. The minimum atomic E-state index is -0.991. The highest BCUT2D eigenvalue weighted by molar-refractivity contribution is 5.76. The van der Waals surface area contributed by atoms with Crippen LogP contribution < -0.4 is 0 Å². The van der Waals surface area contributed by atoms with Crippen molar-refractivity contribution in [2.45, 2.75) is 31.9 Å². The van der Waals surface area contributed by atoms with E-state index in [2.05, 4.69) is 0 Å². The first-order valence-corrected chi connectivity index (χ1v) is 6.94. The number of carboxylic acid groups (broad SMARTS) is 1. The van der Waals surface area contributed by atoms with Crippen molar-refractivity contribution in [2.24, 2.45) is 0 Å². The van der Waals surface area contributed by atoms with E-state index in [1.807, 2.05) is 18.7 Å². The number of urea groups is 1. The number of likely N-dealkylation sites (tertiary alicyclic amines) is 1. The zero-order valence-corrected chi connectivity index (χ0v) is 12.0. The summed E-state index contributed by atoms with van der Waals surface area (Å²) in [6, 6.07) is 0.125. The topological polar surface area (TPSA) is 79.3 Å². The number of aliphatic carboxylic acids is 1. The van der Waals surface area contributed by atoms with Gasteiger partial charge in [-0.15, -0.1) is 0 Å². The molecule has 0 spiro atoms. The second-order valence-electron chi connectivity index (χ2n) is 5.60. The van der Waals surface area contributed by atoms with Gasteiger partial charge in [-0.25, -0.2) is 9.59 Å². The summed E-state index contributed by atoms with van der Waals surface area (Å²) in [5.74, 6) is -0.991. The van der Waals surface area contributed by atoms with Crippen LogP contribution in [-0.4, -0.2) is 78.0 Å². The first kappa shape index (κ1) is 15.1. The molecule has 0 aromatic heterocycles. The Bertz CT molecular complexity index is 381. The fourth-order valence-corrected chi connectivity index (χ4v) is 2.65. The van der Waals surface area contributed by atoms with Crippen molar-refractivity contribution in [2.75, 3.05) is 39.5 Å². The van der Waals surface area contributed by atoms with Crippen molar-refractivity contribution < 1.29 is 24.2 Å². The molecule has 7 heteroatoms. The zero-order valence-electron chi connectivity index (χ0n) is 12.0. The van der Waals surface area contributed by atoms with E-state index in [0.717, 1.165) is 6.42 Å². The number of rotatable bonds is 4. The van der Waals surface area contributed by atoms with Crippen molar-refractivity contribution in [1.82, 2.24) is 9.80 Å². The molecular formula is C13H22N2O5. The van der Waals surface area contributed by atoms with Gasteiger partial charge in [0.15, 0.2) is 0 Å². The van der Waals surface area contributed by atoms with E-state index in [0.29, 0.717) is 32.8 Å². The molecule has 1 unspecified atom stereocenters. The van der Waals surface area contributed by atoms with Crippen molar-refractivity contribution in [3.63, 3.8) is 0 Å². The van der Waals surface area contributed by atoms with E-state index < -0.39 is 11.6 Å². The van der Waals surface area contributed by atoms with Crippen molar-refractivity contribution in [3.8, 4) is 0 Å². The molecule has 2 fully saturated rings. The van der Waals surface area contributed by atoms with Gasteiger partial charge in [0, 0.05) is 6.54 Å². The highest BCUT2D eigenvalue weighted by atomic mass is 16.5. The third kappa shape index (κ3) is 3.21. The average Bonchev–Trinajstić information content (AvgIpc) is 2.41. The van der Waals surface area contributed by atoms with Crippen molar-refractivity contribution in [3.05, 3.63) is 0 Å². The Kier molecular flexibility index (Phi) is 4.49. The van der Waals surface area contributed by atoms with Gasteiger partial charge in [-0.1, -0.05) is 6.92 Å². The van der Waals surface area contributed by atoms with Crippen molar-refractivity contribution in [1.29, 1.82) is 0 Å². The molecule has 2 aliphatic heterocycles. The molecule has 0 aromatic carbocycles. The summed E-state index contributed by atoms with van der Waals surface area (Å²) < 4.78 is 10.7. The van der Waals surface area contributed by atoms with Crippen LogP contribution in [0, 0.1) is 0 Å². The molecular weight excluding hydrogens is 264 g/mol. The van der Waals surface area contributed by atoms with E-state index in [9.17, 15) is 9.59 Å². The second-order valence-corrected chi connectivity index (χ2v) is 5.60. The average molecular weight is 286 g/mol. The maximum atomic E-state index is 12.4. The van der Waals surface area contributed by atoms with Crippen LogP contribution in [0.5, 0.6) is 0 Å². The number of morpholine rings is 1. The number of amides is 2. The summed E-state index contributed by atoms with van der Waals surface area (Å²) in [6.45, 7) is 6.19. The monoisotopic (exact) mass is 286 g/mol. The standard InChI is InChI=1S/C13H22N2O5/c1-3-10-6-19-5-4-15(10)12(18)14-8-13(2,9-14)20-7-11(16)17/h10H,3-9H2,1-2H3,(H,16,17). The Labute approximate surface area is 118 Å². The first-order valence-electron chi connectivity index (χ1n) is 6.94. The van der Waals surface area contributed by atoms with Crippen LogP contribution in [0.1, 0.15) is 20.3 Å². The summed E-state index contributed by atoms with van der Waals surface area (Å²) in [7, 11) is 0. The number of nitrogens with zero attached hydrogens (tertiary/aromatic N) is 2. The van der Waals surface area contributed by atoms with Gasteiger partial charge >= 0.3 is 12.0 Å². The highest BCUT2D eigenvalue weighted by Gasteiger charge is 2.45. The fourth-order valence-electron chi connectivity index (χ4n) is 2.65. The Morgan fingerprint density at radius 3 is 2.75 bits per heavy atom. The molecule has 0 radical (unpaired) electrons. The first-order chi connectivity index (χ1) is 9.45. The summed E-state index contributed by atoms with van der Waals surface area (Å²) in [5, 5.41) is 8.61. The third-order valence-corrected chi connectivity index (χ3v) is 3.81. The van der Waals surface area contributed by atoms with Crippen LogP contribution in [0.25, 0.3) is 0 Å². The number of carbonyl (C=O) groups is 2. The van der Waals surface area contributed by atoms with Crippen LogP contribution in [0.3, 0.4) is 0 Å². The smallest absolute Gasteiger partial charge is 0.329 e. The molecule has 2 rings (SSSR count). The minimum absolute atomic E-state index is 0.00319. The predicted octanol–water partition coefficient (Wildman–Crippen LogP) is 0.393. The molecule has 0 bridgehead atoms. The Morgan fingerprint density at radius 1 is 1.45 bits per heavy atom. The molecule has 2 aliphatic rings. The molecule has 20 heavy (non-hydrogen) atoms. The van der Waals surface area contributed by atoms with E-state index in [1.165, 1.54) is 0 Å². The van der Waals surface area contributed by atoms with Crippen LogP contribution in [-0.2, 0) is 14.3 Å². The summed E-state index contributed by atoms with van der Waals surface area (Å²) in [4.78, 5) is 26.5. The minimum Gasteiger partial charge on any atom is -0.480 e. The summed E-state index contributed by atoms with van der Waals surface area (Å²) >= 11 is 0. The molecule has 0 aliphatic carbocycles. The lowest BCUT2D eigenvalue weighted by molar-refractivity contribution is -0.160. The van der Waals surface area contributed by atoms with E-state index in [-0.39, 0.29) is 18.7 Å². The lowest BCUT2D eigenvalue weighted by Crippen LogP contribution is -2.67. The van der Waals surface area contributed by atoms with Crippen molar-refractivity contribution >= 4 is 12.0 Å². The van der Waals surface area contributed by atoms with Gasteiger partial charge in [-0.2, -0.15) is 0 Å². The highest BCUT2D eigenvalue weighted by Crippen LogP contribution is 2.27. The number of ether oxygens (including phenoxy) is 2. The van der Waals surface area contributed by atoms with Gasteiger partial charge in [0.25, 0.3) is 0 Å². The van der Waals surface area contributed by atoms with E-state index >= 15 is 0 Å². The quantitative estimate of drug-likeness (QED) is 0.809.